The lowest BCUT2D eigenvalue weighted by atomic mass is 9.87. The monoisotopic (exact) mass is 211 g/mol. The first-order valence-electron chi connectivity index (χ1n) is 4.79. The number of aromatic nitrogens is 3. The first kappa shape index (κ1) is 11.6. The third-order valence-corrected chi connectivity index (χ3v) is 2.11. The summed E-state index contributed by atoms with van der Waals surface area (Å²) in [5, 5.41) is 9.02. The number of amides is 1. The zero-order valence-electron chi connectivity index (χ0n) is 9.24. The van der Waals surface area contributed by atoms with Crippen molar-refractivity contribution in [3.63, 3.8) is 0 Å². The molecule has 1 aromatic rings. The van der Waals surface area contributed by atoms with E-state index < -0.39 is 6.04 Å². The molecule has 6 heteroatoms. The molecule has 6 nitrogen and oxygen atoms in total. The summed E-state index contributed by atoms with van der Waals surface area (Å²) in [4.78, 5) is 15.5. The SMILES string of the molecule is CC(C)(C)[C@H](N)C(=O)NCc1ncn[nH]1. The van der Waals surface area contributed by atoms with Gasteiger partial charge in [-0.2, -0.15) is 5.10 Å². The van der Waals surface area contributed by atoms with E-state index in [1.54, 1.807) is 0 Å². The van der Waals surface area contributed by atoms with E-state index in [1.807, 2.05) is 20.8 Å². The second kappa shape index (κ2) is 4.39. The molecule has 0 radical (unpaired) electrons. The molecule has 0 spiro atoms. The van der Waals surface area contributed by atoms with Gasteiger partial charge in [-0.3, -0.25) is 9.89 Å². The molecule has 4 N–H and O–H groups in total. The predicted octanol–water partition coefficient (Wildman–Crippen LogP) is -0.206. The highest BCUT2D eigenvalue weighted by Gasteiger charge is 2.27. The van der Waals surface area contributed by atoms with Crippen LogP contribution < -0.4 is 11.1 Å². The lowest BCUT2D eigenvalue weighted by Crippen LogP contribution is -2.48. The van der Waals surface area contributed by atoms with Gasteiger partial charge in [-0.15, -0.1) is 0 Å². The average molecular weight is 211 g/mol. The molecule has 1 aromatic heterocycles. The average Bonchev–Trinajstić information content (AvgIpc) is 2.63. The number of hydrogen-bond acceptors (Lipinski definition) is 4. The molecule has 0 aromatic carbocycles. The standard InChI is InChI=1S/C9H17N5O/c1-9(2,3)7(10)8(15)11-4-6-12-5-13-14-6/h5,7H,4,10H2,1-3H3,(H,11,15)(H,12,13,14)/t7-/m1/s1. The molecule has 0 aliphatic carbocycles. The van der Waals surface area contributed by atoms with Crippen molar-refractivity contribution in [3.8, 4) is 0 Å². The first-order chi connectivity index (χ1) is 6.91. The molecule has 0 bridgehead atoms. The van der Waals surface area contributed by atoms with Crippen LogP contribution in [-0.2, 0) is 11.3 Å². The fraction of sp³-hybridized carbons (Fsp3) is 0.667. The Kier molecular flexibility index (Phi) is 3.41. The van der Waals surface area contributed by atoms with Gasteiger partial charge >= 0.3 is 0 Å². The third-order valence-electron chi connectivity index (χ3n) is 2.11. The zero-order valence-corrected chi connectivity index (χ0v) is 9.24. The summed E-state index contributed by atoms with van der Waals surface area (Å²) in [5.41, 5.74) is 5.53. The second-order valence-electron chi connectivity index (χ2n) is 4.49. The Morgan fingerprint density at radius 1 is 1.67 bits per heavy atom. The number of nitrogens with one attached hydrogen (secondary N) is 2. The minimum Gasteiger partial charge on any atom is -0.347 e. The molecule has 0 saturated heterocycles. The molecule has 1 rings (SSSR count). The minimum absolute atomic E-state index is 0.182. The maximum Gasteiger partial charge on any atom is 0.237 e. The Labute approximate surface area is 88.7 Å². The predicted molar refractivity (Wildman–Crippen MR) is 55.7 cm³/mol. The largest absolute Gasteiger partial charge is 0.347 e. The summed E-state index contributed by atoms with van der Waals surface area (Å²) in [6.07, 6.45) is 1.39. The summed E-state index contributed by atoms with van der Waals surface area (Å²) in [6.45, 7) is 6.09. The van der Waals surface area contributed by atoms with E-state index in [9.17, 15) is 4.79 Å². The van der Waals surface area contributed by atoms with Gasteiger partial charge in [0.05, 0.1) is 12.6 Å². The lowest BCUT2D eigenvalue weighted by molar-refractivity contribution is -0.124. The third kappa shape index (κ3) is 3.32. The number of hydrogen-bond donors (Lipinski definition) is 3. The van der Waals surface area contributed by atoms with Gasteiger partial charge in [0.2, 0.25) is 5.91 Å². The number of carbonyl (C=O) groups excluding carboxylic acids is 1. The van der Waals surface area contributed by atoms with Crippen LogP contribution in [0.1, 0.15) is 26.6 Å². The highest BCUT2D eigenvalue weighted by molar-refractivity contribution is 5.82. The quantitative estimate of drug-likeness (QED) is 0.644. The van der Waals surface area contributed by atoms with Gasteiger partial charge in [-0.05, 0) is 5.41 Å². The fourth-order valence-corrected chi connectivity index (χ4v) is 0.990. The maximum absolute atomic E-state index is 11.6. The summed E-state index contributed by atoms with van der Waals surface area (Å²) in [6, 6.07) is -0.527. The molecule has 0 unspecified atom stereocenters. The minimum atomic E-state index is -0.527. The van der Waals surface area contributed by atoms with Gasteiger partial charge in [-0.1, -0.05) is 20.8 Å². The van der Waals surface area contributed by atoms with Crippen LogP contribution in [0.25, 0.3) is 0 Å². The van der Waals surface area contributed by atoms with Gasteiger partial charge in [-0.25, -0.2) is 4.98 Å². The van der Waals surface area contributed by atoms with Crippen molar-refractivity contribution < 1.29 is 4.79 Å². The highest BCUT2D eigenvalue weighted by Crippen LogP contribution is 2.17. The van der Waals surface area contributed by atoms with Crippen LogP contribution in [0.3, 0.4) is 0 Å². The summed E-state index contributed by atoms with van der Waals surface area (Å²) < 4.78 is 0. The normalized spacial score (nSPS) is 13.6. The summed E-state index contributed by atoms with van der Waals surface area (Å²) in [7, 11) is 0. The van der Waals surface area contributed by atoms with Crippen LogP contribution in [0.4, 0.5) is 0 Å². The van der Waals surface area contributed by atoms with Gasteiger partial charge in [0.15, 0.2) is 0 Å². The molecular formula is C9H17N5O. The smallest absolute Gasteiger partial charge is 0.237 e. The molecule has 84 valence electrons. The maximum atomic E-state index is 11.6. The molecule has 0 aliphatic rings. The number of rotatable bonds is 3. The van der Waals surface area contributed by atoms with Crippen LogP contribution >= 0.6 is 0 Å². The van der Waals surface area contributed by atoms with E-state index in [0.717, 1.165) is 0 Å². The van der Waals surface area contributed by atoms with Crippen LogP contribution in [0.2, 0.25) is 0 Å². The number of H-pyrrole nitrogens is 1. The van der Waals surface area contributed by atoms with E-state index in [-0.39, 0.29) is 11.3 Å². The van der Waals surface area contributed by atoms with Gasteiger partial charge in [0.1, 0.15) is 12.2 Å². The van der Waals surface area contributed by atoms with Crippen molar-refractivity contribution in [2.45, 2.75) is 33.4 Å². The molecule has 0 fully saturated rings. The fourth-order valence-electron chi connectivity index (χ4n) is 0.990. The van der Waals surface area contributed by atoms with Crippen molar-refractivity contribution in [2.24, 2.45) is 11.1 Å². The molecule has 0 aliphatic heterocycles. The highest BCUT2D eigenvalue weighted by atomic mass is 16.2. The molecular weight excluding hydrogens is 194 g/mol. The number of nitrogens with two attached hydrogens (primary N) is 1. The number of carbonyl (C=O) groups is 1. The van der Waals surface area contributed by atoms with Crippen LogP contribution in [-0.4, -0.2) is 27.1 Å². The van der Waals surface area contributed by atoms with E-state index in [1.165, 1.54) is 6.33 Å². The van der Waals surface area contributed by atoms with Gasteiger partial charge in [0.25, 0.3) is 0 Å². The van der Waals surface area contributed by atoms with E-state index in [4.69, 9.17) is 5.73 Å². The molecule has 1 amide bonds. The van der Waals surface area contributed by atoms with Crippen LogP contribution in [0, 0.1) is 5.41 Å². The molecule has 0 saturated carbocycles. The number of nitrogens with zero attached hydrogens (tertiary/aromatic N) is 2. The van der Waals surface area contributed by atoms with Crippen molar-refractivity contribution in [1.29, 1.82) is 0 Å². The zero-order chi connectivity index (χ0) is 11.5. The van der Waals surface area contributed by atoms with E-state index >= 15 is 0 Å². The topological polar surface area (TPSA) is 96.7 Å². The van der Waals surface area contributed by atoms with Crippen molar-refractivity contribution >= 4 is 5.91 Å². The first-order valence-corrected chi connectivity index (χ1v) is 4.79. The summed E-state index contributed by atoms with van der Waals surface area (Å²) >= 11 is 0. The summed E-state index contributed by atoms with van der Waals surface area (Å²) in [5.74, 6) is 0.434. The number of aromatic amines is 1. The molecule has 15 heavy (non-hydrogen) atoms. The lowest BCUT2D eigenvalue weighted by Gasteiger charge is -2.25. The van der Waals surface area contributed by atoms with E-state index in [2.05, 4.69) is 20.5 Å². The Balaban J connectivity index is 2.43. The van der Waals surface area contributed by atoms with Crippen molar-refractivity contribution in [3.05, 3.63) is 12.2 Å². The van der Waals surface area contributed by atoms with Crippen molar-refractivity contribution in [2.75, 3.05) is 0 Å². The Morgan fingerprint density at radius 2 is 2.33 bits per heavy atom. The van der Waals surface area contributed by atoms with Crippen molar-refractivity contribution in [1.82, 2.24) is 20.5 Å². The second-order valence-corrected chi connectivity index (χ2v) is 4.49. The van der Waals surface area contributed by atoms with Crippen LogP contribution in [0.15, 0.2) is 6.33 Å². The molecule has 1 atom stereocenters. The Hall–Kier alpha value is -1.43. The van der Waals surface area contributed by atoms with Gasteiger partial charge in [0, 0.05) is 0 Å². The van der Waals surface area contributed by atoms with Crippen LogP contribution in [0.5, 0.6) is 0 Å². The molecule has 1 heterocycles. The van der Waals surface area contributed by atoms with Gasteiger partial charge < -0.3 is 11.1 Å². The Bertz CT molecular complexity index is 314. The van der Waals surface area contributed by atoms with E-state index in [0.29, 0.717) is 12.4 Å². The Morgan fingerprint density at radius 3 is 2.80 bits per heavy atom.